The summed E-state index contributed by atoms with van der Waals surface area (Å²) in [5, 5.41) is 7.85. The molecule has 0 aliphatic heterocycles. The molecule has 0 atom stereocenters. The molecule has 0 fully saturated rings. The Morgan fingerprint density at radius 1 is 1.50 bits per heavy atom. The number of hydrogen-bond acceptors (Lipinski definition) is 6. The van der Waals surface area contributed by atoms with Gasteiger partial charge in [0.05, 0.1) is 11.9 Å². The van der Waals surface area contributed by atoms with E-state index in [-0.39, 0.29) is 21.5 Å². The van der Waals surface area contributed by atoms with Crippen LogP contribution in [0.3, 0.4) is 0 Å². The van der Waals surface area contributed by atoms with Crippen molar-refractivity contribution in [1.82, 2.24) is 15.2 Å². The van der Waals surface area contributed by atoms with Crippen molar-refractivity contribution >= 4 is 32.3 Å². The molecular formula is C9H10N4O3S2. The summed E-state index contributed by atoms with van der Waals surface area (Å²) in [6.07, 6.45) is 1.22. The van der Waals surface area contributed by atoms with E-state index in [0.717, 1.165) is 11.3 Å². The van der Waals surface area contributed by atoms with E-state index < -0.39 is 10.0 Å². The lowest BCUT2D eigenvalue weighted by Gasteiger charge is -2.02. The Morgan fingerprint density at radius 3 is 2.72 bits per heavy atom. The Morgan fingerprint density at radius 2 is 2.22 bits per heavy atom. The zero-order chi connectivity index (χ0) is 13.3. The monoisotopic (exact) mass is 286 g/mol. The van der Waals surface area contributed by atoms with Crippen LogP contribution in [-0.4, -0.2) is 29.4 Å². The quantitative estimate of drug-likeness (QED) is 0.821. The fraction of sp³-hybridized carbons (Fsp3) is 0.222. The first kappa shape index (κ1) is 12.7. The topological polar surface area (TPSA) is 105 Å². The number of carbonyl (C=O) groups excluding carboxylic acids is 1. The number of aromatic amines is 1. The zero-order valence-electron chi connectivity index (χ0n) is 9.59. The van der Waals surface area contributed by atoms with Gasteiger partial charge in [0.1, 0.15) is 10.6 Å². The molecule has 96 valence electrons. The molecule has 2 aromatic rings. The molecule has 7 nitrogen and oxygen atoms in total. The predicted molar refractivity (Wildman–Crippen MR) is 66.3 cm³/mol. The van der Waals surface area contributed by atoms with Crippen LogP contribution in [0.4, 0.5) is 5.13 Å². The first-order valence-corrected chi connectivity index (χ1v) is 7.25. The van der Waals surface area contributed by atoms with E-state index in [9.17, 15) is 13.2 Å². The van der Waals surface area contributed by atoms with Crippen molar-refractivity contribution in [1.29, 1.82) is 0 Å². The molecule has 18 heavy (non-hydrogen) atoms. The molecule has 0 unspecified atom stereocenters. The summed E-state index contributed by atoms with van der Waals surface area (Å²) >= 11 is 1.06. The number of aromatic nitrogens is 3. The minimum absolute atomic E-state index is 0.0575. The molecule has 0 aliphatic rings. The fourth-order valence-corrected chi connectivity index (χ4v) is 3.40. The summed E-state index contributed by atoms with van der Waals surface area (Å²) in [4.78, 5) is 15.0. The minimum atomic E-state index is -3.72. The van der Waals surface area contributed by atoms with E-state index in [1.165, 1.54) is 18.5 Å². The smallest absolute Gasteiger partial charge is 0.267 e. The van der Waals surface area contributed by atoms with Gasteiger partial charge >= 0.3 is 0 Å². The number of thiazole rings is 1. The van der Waals surface area contributed by atoms with E-state index in [4.69, 9.17) is 0 Å². The Bertz CT molecular complexity index is 686. The van der Waals surface area contributed by atoms with Crippen molar-refractivity contribution in [3.63, 3.8) is 0 Å². The third kappa shape index (κ3) is 2.41. The fourth-order valence-electron chi connectivity index (χ4n) is 1.26. The maximum atomic E-state index is 12.0. The van der Waals surface area contributed by atoms with Crippen LogP contribution in [0.25, 0.3) is 0 Å². The van der Waals surface area contributed by atoms with Gasteiger partial charge in [-0.1, -0.05) is 0 Å². The first-order valence-electron chi connectivity index (χ1n) is 4.89. The van der Waals surface area contributed by atoms with Gasteiger partial charge in [-0.05, 0) is 6.92 Å². The number of Topliss-reactive ketones (excluding diaryl/α,β-unsaturated/α-hetero) is 1. The van der Waals surface area contributed by atoms with E-state index in [1.54, 1.807) is 6.92 Å². The van der Waals surface area contributed by atoms with Gasteiger partial charge in [-0.15, -0.1) is 11.3 Å². The second kappa shape index (κ2) is 4.50. The van der Waals surface area contributed by atoms with Gasteiger partial charge in [0.15, 0.2) is 10.9 Å². The molecule has 0 saturated carbocycles. The van der Waals surface area contributed by atoms with Crippen LogP contribution in [0.15, 0.2) is 16.5 Å². The van der Waals surface area contributed by atoms with Gasteiger partial charge in [0, 0.05) is 12.3 Å². The lowest BCUT2D eigenvalue weighted by molar-refractivity contribution is 0.101. The van der Waals surface area contributed by atoms with Gasteiger partial charge in [-0.25, -0.2) is 13.4 Å². The van der Waals surface area contributed by atoms with Crippen molar-refractivity contribution < 1.29 is 13.2 Å². The second-order valence-corrected chi connectivity index (χ2v) is 6.07. The molecular weight excluding hydrogens is 276 g/mol. The predicted octanol–water partition coefficient (Wildman–Crippen LogP) is 1.18. The lowest BCUT2D eigenvalue weighted by atomic mass is 10.4. The average Bonchev–Trinajstić information content (AvgIpc) is 2.86. The summed E-state index contributed by atoms with van der Waals surface area (Å²) in [5.41, 5.74) is 0.674. The Kier molecular flexibility index (Phi) is 3.18. The van der Waals surface area contributed by atoms with Crippen molar-refractivity contribution in [2.45, 2.75) is 18.7 Å². The third-order valence-electron chi connectivity index (χ3n) is 2.16. The SMILES string of the molecule is CC(=O)c1csc(NS(=O)(=O)c2cn[nH]c2C)n1. The molecule has 0 aliphatic carbocycles. The number of aryl methyl sites for hydroxylation is 1. The van der Waals surface area contributed by atoms with Gasteiger partial charge < -0.3 is 0 Å². The molecule has 0 bridgehead atoms. The number of nitrogens with one attached hydrogen (secondary N) is 2. The number of hydrogen-bond donors (Lipinski definition) is 2. The number of carbonyl (C=O) groups is 1. The number of rotatable bonds is 4. The molecule has 0 amide bonds. The molecule has 2 rings (SSSR count). The summed E-state index contributed by atoms with van der Waals surface area (Å²) in [5.74, 6) is -0.212. The Balaban J connectivity index is 2.28. The number of anilines is 1. The normalized spacial score (nSPS) is 11.4. The molecule has 0 radical (unpaired) electrons. The van der Waals surface area contributed by atoms with E-state index >= 15 is 0 Å². The van der Waals surface area contributed by atoms with E-state index in [2.05, 4.69) is 19.9 Å². The van der Waals surface area contributed by atoms with Crippen molar-refractivity contribution in [2.75, 3.05) is 4.72 Å². The molecule has 0 spiro atoms. The Labute approximate surface area is 107 Å². The van der Waals surface area contributed by atoms with Crippen LogP contribution < -0.4 is 4.72 Å². The summed E-state index contributed by atoms with van der Waals surface area (Å²) in [7, 11) is -3.72. The van der Waals surface area contributed by atoms with Crippen molar-refractivity contribution in [2.24, 2.45) is 0 Å². The van der Waals surface area contributed by atoms with Crippen LogP contribution in [-0.2, 0) is 10.0 Å². The third-order valence-corrected chi connectivity index (χ3v) is 4.50. The zero-order valence-corrected chi connectivity index (χ0v) is 11.2. The highest BCUT2D eigenvalue weighted by molar-refractivity contribution is 7.93. The highest BCUT2D eigenvalue weighted by Crippen LogP contribution is 2.21. The second-order valence-electron chi connectivity index (χ2n) is 3.56. The molecule has 2 N–H and O–H groups in total. The number of H-pyrrole nitrogens is 1. The maximum Gasteiger partial charge on any atom is 0.267 e. The van der Waals surface area contributed by atoms with Crippen molar-refractivity contribution in [3.05, 3.63) is 23.0 Å². The summed E-state index contributed by atoms with van der Waals surface area (Å²) < 4.78 is 26.3. The molecule has 9 heteroatoms. The van der Waals surface area contributed by atoms with Gasteiger partial charge in [-0.2, -0.15) is 5.10 Å². The molecule has 0 aromatic carbocycles. The average molecular weight is 286 g/mol. The standard InChI is InChI=1S/C9H10N4O3S2/c1-5-8(3-10-12-5)18(15,16)13-9-11-7(4-17-9)6(2)14/h3-4H,1-2H3,(H,10,12)(H,11,13). The molecule has 2 aromatic heterocycles. The Hall–Kier alpha value is -1.74. The van der Waals surface area contributed by atoms with Crippen LogP contribution in [0, 0.1) is 6.92 Å². The van der Waals surface area contributed by atoms with Crippen molar-refractivity contribution in [3.8, 4) is 0 Å². The highest BCUT2D eigenvalue weighted by atomic mass is 32.2. The van der Waals surface area contributed by atoms with Crippen LogP contribution >= 0.6 is 11.3 Å². The summed E-state index contributed by atoms with van der Waals surface area (Å²) in [6, 6.07) is 0. The molecule has 2 heterocycles. The van der Waals surface area contributed by atoms with E-state index in [1.807, 2.05) is 0 Å². The lowest BCUT2D eigenvalue weighted by Crippen LogP contribution is -2.13. The maximum absolute atomic E-state index is 12.0. The van der Waals surface area contributed by atoms with Crippen LogP contribution in [0.2, 0.25) is 0 Å². The highest BCUT2D eigenvalue weighted by Gasteiger charge is 2.20. The number of ketones is 1. The largest absolute Gasteiger partial charge is 0.293 e. The van der Waals surface area contributed by atoms with Crippen LogP contribution in [0.5, 0.6) is 0 Å². The number of nitrogens with zero attached hydrogens (tertiary/aromatic N) is 2. The van der Waals surface area contributed by atoms with Gasteiger partial charge in [0.2, 0.25) is 0 Å². The van der Waals surface area contributed by atoms with E-state index in [0.29, 0.717) is 5.69 Å². The summed E-state index contributed by atoms with van der Waals surface area (Å²) in [6.45, 7) is 2.97. The molecule has 0 saturated heterocycles. The van der Waals surface area contributed by atoms with Crippen LogP contribution in [0.1, 0.15) is 23.1 Å². The van der Waals surface area contributed by atoms with Gasteiger partial charge in [0.25, 0.3) is 10.0 Å². The number of sulfonamides is 1. The van der Waals surface area contributed by atoms with Gasteiger partial charge in [-0.3, -0.25) is 14.6 Å². The minimum Gasteiger partial charge on any atom is -0.293 e. The first-order chi connectivity index (χ1) is 8.40.